The van der Waals surface area contributed by atoms with Gasteiger partial charge in [0.05, 0.1) is 6.54 Å². The summed E-state index contributed by atoms with van der Waals surface area (Å²) in [6, 6.07) is 6.50. The minimum atomic E-state index is -1.75. The Balaban J connectivity index is 2.35. The van der Waals surface area contributed by atoms with E-state index in [0.717, 1.165) is 10.7 Å². The maximum absolute atomic E-state index is 13.3. The van der Waals surface area contributed by atoms with Crippen LogP contribution in [-0.4, -0.2) is 26.9 Å². The van der Waals surface area contributed by atoms with Gasteiger partial charge in [-0.3, -0.25) is 4.79 Å². The summed E-state index contributed by atoms with van der Waals surface area (Å²) in [5.74, 6) is -0.598. The van der Waals surface area contributed by atoms with Gasteiger partial charge in [-0.15, -0.1) is 0 Å². The van der Waals surface area contributed by atoms with E-state index in [9.17, 15) is 9.18 Å². The van der Waals surface area contributed by atoms with Gasteiger partial charge in [0, 0.05) is 12.3 Å². The van der Waals surface area contributed by atoms with Crippen molar-refractivity contribution in [2.75, 3.05) is 0 Å². The van der Waals surface area contributed by atoms with E-state index >= 15 is 0 Å². The van der Waals surface area contributed by atoms with Crippen molar-refractivity contribution in [1.82, 2.24) is 9.78 Å². The van der Waals surface area contributed by atoms with Crippen LogP contribution in [0.4, 0.5) is 4.39 Å². The summed E-state index contributed by atoms with van der Waals surface area (Å²) in [5.41, 5.74) is 0.153. The van der Waals surface area contributed by atoms with Crippen molar-refractivity contribution in [3.8, 4) is 0 Å². The number of halogens is 1. The Labute approximate surface area is 102 Å². The van der Waals surface area contributed by atoms with Gasteiger partial charge in [0.2, 0.25) is 0 Å². The first kappa shape index (κ1) is 12.5. The smallest absolute Gasteiger partial charge is 0.423 e. The molecule has 92 valence electrons. The fraction of sp³-hybridized carbons (Fsp3) is 0.0909. The standard InChI is InChI=1S/C11H10BFN2O3/c13-10-5-8(4-9(6-10)12(17)18)7-15-11(16)2-1-3-14-15/h1-6,17-18H,7H2. The molecule has 0 aliphatic heterocycles. The van der Waals surface area contributed by atoms with Crippen LogP contribution in [0.3, 0.4) is 0 Å². The Morgan fingerprint density at radius 1 is 1.33 bits per heavy atom. The number of hydrogen-bond donors (Lipinski definition) is 2. The first-order chi connectivity index (χ1) is 8.56. The molecule has 0 unspecified atom stereocenters. The zero-order valence-electron chi connectivity index (χ0n) is 9.32. The number of nitrogens with zero attached hydrogens (tertiary/aromatic N) is 2. The van der Waals surface area contributed by atoms with Crippen LogP contribution in [-0.2, 0) is 6.54 Å². The maximum atomic E-state index is 13.3. The molecular weight excluding hydrogens is 238 g/mol. The highest BCUT2D eigenvalue weighted by Gasteiger charge is 2.13. The zero-order valence-corrected chi connectivity index (χ0v) is 9.32. The Morgan fingerprint density at radius 3 is 2.78 bits per heavy atom. The second-order valence-electron chi connectivity index (χ2n) is 3.79. The van der Waals surface area contributed by atoms with Crippen molar-refractivity contribution < 1.29 is 14.4 Å². The van der Waals surface area contributed by atoms with Crippen LogP contribution in [0, 0.1) is 5.82 Å². The summed E-state index contributed by atoms with van der Waals surface area (Å²) in [5, 5.41) is 21.8. The van der Waals surface area contributed by atoms with Crippen LogP contribution in [0.25, 0.3) is 0 Å². The third-order valence-electron chi connectivity index (χ3n) is 2.40. The highest BCUT2D eigenvalue weighted by Crippen LogP contribution is 2.03. The Bertz CT molecular complexity index is 615. The van der Waals surface area contributed by atoms with E-state index in [4.69, 9.17) is 10.0 Å². The van der Waals surface area contributed by atoms with E-state index in [2.05, 4.69) is 5.10 Å². The molecule has 0 saturated heterocycles. The molecule has 0 spiro atoms. The van der Waals surface area contributed by atoms with Gasteiger partial charge in [-0.05, 0) is 29.2 Å². The fourth-order valence-electron chi connectivity index (χ4n) is 1.59. The first-order valence-corrected chi connectivity index (χ1v) is 5.24. The third-order valence-corrected chi connectivity index (χ3v) is 2.40. The molecule has 2 rings (SSSR count). The van der Waals surface area contributed by atoms with Crippen LogP contribution in [0.2, 0.25) is 0 Å². The SMILES string of the molecule is O=c1cccnn1Cc1cc(F)cc(B(O)O)c1. The number of rotatable bonds is 3. The number of aromatic nitrogens is 2. The van der Waals surface area contributed by atoms with E-state index < -0.39 is 12.9 Å². The van der Waals surface area contributed by atoms with Crippen molar-refractivity contribution in [1.29, 1.82) is 0 Å². The van der Waals surface area contributed by atoms with Gasteiger partial charge in [0.1, 0.15) is 5.82 Å². The van der Waals surface area contributed by atoms with Gasteiger partial charge in [-0.1, -0.05) is 6.07 Å². The molecule has 7 heteroatoms. The monoisotopic (exact) mass is 248 g/mol. The van der Waals surface area contributed by atoms with Crippen LogP contribution < -0.4 is 11.0 Å². The summed E-state index contributed by atoms with van der Waals surface area (Å²) in [4.78, 5) is 11.4. The van der Waals surface area contributed by atoms with Gasteiger partial charge in [0.15, 0.2) is 0 Å². The average molecular weight is 248 g/mol. The molecule has 1 heterocycles. The minimum absolute atomic E-state index is 0.0361. The van der Waals surface area contributed by atoms with Crippen molar-refractivity contribution in [3.63, 3.8) is 0 Å². The predicted octanol–water partition coefficient (Wildman–Crippen LogP) is -0.890. The lowest BCUT2D eigenvalue weighted by Gasteiger charge is -2.06. The topological polar surface area (TPSA) is 75.4 Å². The summed E-state index contributed by atoms with van der Waals surface area (Å²) in [7, 11) is -1.75. The zero-order chi connectivity index (χ0) is 13.1. The molecule has 2 aromatic rings. The molecule has 5 nitrogen and oxygen atoms in total. The molecule has 2 N–H and O–H groups in total. The lowest BCUT2D eigenvalue weighted by atomic mass is 9.79. The normalized spacial score (nSPS) is 10.4. The van der Waals surface area contributed by atoms with Gasteiger partial charge in [-0.2, -0.15) is 5.10 Å². The molecule has 0 saturated carbocycles. The van der Waals surface area contributed by atoms with Crippen molar-refractivity contribution >= 4 is 12.6 Å². The summed E-state index contributed by atoms with van der Waals surface area (Å²) >= 11 is 0. The quantitative estimate of drug-likeness (QED) is 0.691. The van der Waals surface area contributed by atoms with E-state index in [0.29, 0.717) is 5.56 Å². The molecule has 0 bridgehead atoms. The van der Waals surface area contributed by atoms with Gasteiger partial charge < -0.3 is 10.0 Å². The van der Waals surface area contributed by atoms with E-state index in [1.54, 1.807) is 0 Å². The highest BCUT2D eigenvalue weighted by molar-refractivity contribution is 6.58. The number of benzene rings is 1. The molecule has 1 aromatic carbocycles. The van der Waals surface area contributed by atoms with Gasteiger partial charge >= 0.3 is 7.12 Å². The average Bonchev–Trinajstić information content (AvgIpc) is 2.31. The Morgan fingerprint density at radius 2 is 2.11 bits per heavy atom. The van der Waals surface area contributed by atoms with Gasteiger partial charge in [0.25, 0.3) is 5.56 Å². The molecule has 1 aromatic heterocycles. The molecular formula is C11H10BFN2O3. The predicted molar refractivity (Wildman–Crippen MR) is 63.8 cm³/mol. The maximum Gasteiger partial charge on any atom is 0.488 e. The van der Waals surface area contributed by atoms with Crippen molar-refractivity contribution in [2.24, 2.45) is 0 Å². The molecule has 0 atom stereocenters. The fourth-order valence-corrected chi connectivity index (χ4v) is 1.59. The Hall–Kier alpha value is -1.99. The van der Waals surface area contributed by atoms with Crippen LogP contribution in [0.1, 0.15) is 5.56 Å². The van der Waals surface area contributed by atoms with Gasteiger partial charge in [-0.25, -0.2) is 9.07 Å². The third kappa shape index (κ3) is 2.82. The lowest BCUT2D eigenvalue weighted by Crippen LogP contribution is -2.31. The van der Waals surface area contributed by atoms with Crippen molar-refractivity contribution in [3.05, 3.63) is 58.3 Å². The second kappa shape index (κ2) is 5.11. The Kier molecular flexibility index (Phi) is 3.54. The minimum Gasteiger partial charge on any atom is -0.423 e. The molecule has 0 amide bonds. The molecule has 0 aliphatic carbocycles. The van der Waals surface area contributed by atoms with Crippen LogP contribution in [0.5, 0.6) is 0 Å². The molecule has 0 radical (unpaired) electrons. The van der Waals surface area contributed by atoms with E-state index in [-0.39, 0.29) is 17.6 Å². The largest absolute Gasteiger partial charge is 0.488 e. The van der Waals surface area contributed by atoms with Crippen molar-refractivity contribution in [2.45, 2.75) is 6.54 Å². The summed E-state index contributed by atoms with van der Waals surface area (Å²) in [6.07, 6.45) is 1.45. The van der Waals surface area contributed by atoms with E-state index in [1.807, 2.05) is 0 Å². The summed E-state index contributed by atoms with van der Waals surface area (Å²) < 4.78 is 14.4. The molecule has 0 fully saturated rings. The molecule has 0 aliphatic rings. The summed E-state index contributed by atoms with van der Waals surface area (Å²) in [6.45, 7) is 0.0666. The van der Waals surface area contributed by atoms with E-state index in [1.165, 1.54) is 30.5 Å². The number of hydrogen-bond acceptors (Lipinski definition) is 4. The van der Waals surface area contributed by atoms with Crippen LogP contribution >= 0.6 is 0 Å². The van der Waals surface area contributed by atoms with Crippen LogP contribution in [0.15, 0.2) is 41.3 Å². The highest BCUT2D eigenvalue weighted by atomic mass is 19.1. The molecule has 18 heavy (non-hydrogen) atoms. The second-order valence-corrected chi connectivity index (χ2v) is 3.79. The first-order valence-electron chi connectivity index (χ1n) is 5.24. The lowest BCUT2D eigenvalue weighted by molar-refractivity contribution is 0.425.